The average molecular weight is 305 g/mol. The van der Waals surface area contributed by atoms with Crippen LogP contribution in [-0.4, -0.2) is 30.1 Å². The van der Waals surface area contributed by atoms with Gasteiger partial charge < -0.3 is 9.47 Å². The number of nitrogens with zero attached hydrogens (tertiary/aromatic N) is 1. The third-order valence-electron chi connectivity index (χ3n) is 2.43. The lowest BCUT2D eigenvalue weighted by Gasteiger charge is -2.04. The molecule has 0 unspecified atom stereocenters. The van der Waals surface area contributed by atoms with Gasteiger partial charge in [-0.05, 0) is 30.7 Å². The third kappa shape index (κ3) is 6.00. The van der Waals surface area contributed by atoms with Crippen molar-refractivity contribution in [3.8, 4) is 0 Å². The molecule has 22 heavy (non-hydrogen) atoms. The zero-order chi connectivity index (χ0) is 16.5. The molecular weight excluding hydrogens is 290 g/mol. The standard InChI is InChI=1S/C15H15NO6/c1-11(2)15(18)22-10-9-21-14(17)8-5-12-3-6-13(7-4-12)16(19)20/h3-8H,1,9-10H2,2H3/b8-5+. The van der Waals surface area contributed by atoms with Crippen LogP contribution in [0.2, 0.25) is 0 Å². The lowest BCUT2D eigenvalue weighted by Crippen LogP contribution is -2.12. The van der Waals surface area contributed by atoms with E-state index in [-0.39, 0.29) is 24.5 Å². The molecule has 1 aromatic rings. The highest BCUT2D eigenvalue weighted by molar-refractivity contribution is 5.87. The first-order valence-electron chi connectivity index (χ1n) is 6.32. The van der Waals surface area contributed by atoms with Gasteiger partial charge in [0, 0.05) is 23.8 Å². The SMILES string of the molecule is C=C(C)C(=O)OCCOC(=O)/C=C/c1ccc([N+](=O)[O-])cc1. The predicted octanol–water partition coefficient (Wildman–Crippen LogP) is 2.27. The lowest BCUT2D eigenvalue weighted by molar-refractivity contribution is -0.384. The van der Waals surface area contributed by atoms with Crippen molar-refractivity contribution in [2.24, 2.45) is 0 Å². The van der Waals surface area contributed by atoms with E-state index in [0.717, 1.165) is 0 Å². The van der Waals surface area contributed by atoms with E-state index in [9.17, 15) is 19.7 Å². The number of carbonyl (C=O) groups is 2. The normalized spacial score (nSPS) is 10.2. The molecule has 0 amide bonds. The monoisotopic (exact) mass is 305 g/mol. The summed E-state index contributed by atoms with van der Waals surface area (Å²) in [5, 5.41) is 10.5. The van der Waals surface area contributed by atoms with E-state index in [1.165, 1.54) is 43.3 Å². The van der Waals surface area contributed by atoms with Crippen LogP contribution in [0, 0.1) is 10.1 Å². The van der Waals surface area contributed by atoms with Crippen LogP contribution in [0.1, 0.15) is 12.5 Å². The predicted molar refractivity (Wildman–Crippen MR) is 78.9 cm³/mol. The molecule has 7 nitrogen and oxygen atoms in total. The van der Waals surface area contributed by atoms with Crippen molar-refractivity contribution < 1.29 is 24.0 Å². The van der Waals surface area contributed by atoms with Gasteiger partial charge in [-0.2, -0.15) is 0 Å². The first kappa shape index (κ1) is 17.1. The van der Waals surface area contributed by atoms with Crippen molar-refractivity contribution in [2.45, 2.75) is 6.92 Å². The van der Waals surface area contributed by atoms with E-state index in [1.54, 1.807) is 0 Å². The number of ether oxygens (including phenoxy) is 2. The summed E-state index contributed by atoms with van der Waals surface area (Å²) in [7, 11) is 0. The molecule has 0 fully saturated rings. The van der Waals surface area contributed by atoms with E-state index in [0.29, 0.717) is 5.56 Å². The Hall–Kier alpha value is -2.96. The summed E-state index contributed by atoms with van der Waals surface area (Å²) in [6.45, 7) is 4.81. The third-order valence-corrected chi connectivity index (χ3v) is 2.43. The number of carbonyl (C=O) groups excluding carboxylic acids is 2. The Morgan fingerprint density at radius 1 is 1.23 bits per heavy atom. The molecule has 0 N–H and O–H groups in total. The minimum Gasteiger partial charge on any atom is -0.459 e. The molecule has 0 radical (unpaired) electrons. The number of rotatable bonds is 7. The van der Waals surface area contributed by atoms with Gasteiger partial charge in [0.1, 0.15) is 13.2 Å². The van der Waals surface area contributed by atoms with Crippen LogP contribution in [0.25, 0.3) is 6.08 Å². The van der Waals surface area contributed by atoms with Gasteiger partial charge in [0.15, 0.2) is 0 Å². The molecule has 0 aliphatic heterocycles. The van der Waals surface area contributed by atoms with Gasteiger partial charge in [-0.25, -0.2) is 9.59 Å². The summed E-state index contributed by atoms with van der Waals surface area (Å²) in [4.78, 5) is 32.4. The zero-order valence-electron chi connectivity index (χ0n) is 12.0. The van der Waals surface area contributed by atoms with E-state index >= 15 is 0 Å². The maximum atomic E-state index is 11.4. The number of benzene rings is 1. The summed E-state index contributed by atoms with van der Waals surface area (Å²) in [6.07, 6.45) is 2.65. The molecule has 0 aliphatic rings. The van der Waals surface area contributed by atoms with Crippen molar-refractivity contribution in [3.63, 3.8) is 0 Å². The van der Waals surface area contributed by atoms with Crippen molar-refractivity contribution in [1.29, 1.82) is 0 Å². The number of nitro groups is 1. The van der Waals surface area contributed by atoms with Crippen LogP contribution >= 0.6 is 0 Å². The smallest absolute Gasteiger partial charge is 0.333 e. The highest BCUT2D eigenvalue weighted by atomic mass is 16.6. The fraction of sp³-hybridized carbons (Fsp3) is 0.200. The molecule has 0 saturated carbocycles. The maximum absolute atomic E-state index is 11.4. The van der Waals surface area contributed by atoms with E-state index in [1.807, 2.05) is 0 Å². The largest absolute Gasteiger partial charge is 0.459 e. The second-order valence-corrected chi connectivity index (χ2v) is 4.27. The molecule has 0 aromatic heterocycles. The molecule has 0 spiro atoms. The Bertz CT molecular complexity index is 603. The van der Waals surface area contributed by atoms with Gasteiger partial charge in [-0.3, -0.25) is 10.1 Å². The number of hydrogen-bond acceptors (Lipinski definition) is 6. The summed E-state index contributed by atoms with van der Waals surface area (Å²) in [5.74, 6) is -1.15. The van der Waals surface area contributed by atoms with Gasteiger partial charge in [0.25, 0.3) is 5.69 Å². The van der Waals surface area contributed by atoms with Crippen LogP contribution in [0.4, 0.5) is 5.69 Å². The maximum Gasteiger partial charge on any atom is 0.333 e. The molecule has 1 rings (SSSR count). The highest BCUT2D eigenvalue weighted by Crippen LogP contribution is 2.12. The molecule has 0 saturated heterocycles. The Balaban J connectivity index is 2.36. The second kappa shape index (κ2) is 8.35. The Morgan fingerprint density at radius 3 is 2.36 bits per heavy atom. The fourth-order valence-corrected chi connectivity index (χ4v) is 1.32. The lowest BCUT2D eigenvalue weighted by atomic mass is 10.2. The number of non-ortho nitro benzene ring substituents is 1. The van der Waals surface area contributed by atoms with Crippen LogP contribution in [0.15, 0.2) is 42.5 Å². The number of hydrogen-bond donors (Lipinski definition) is 0. The molecule has 1 aromatic carbocycles. The summed E-state index contributed by atoms with van der Waals surface area (Å²) in [5.41, 5.74) is 0.861. The molecule has 0 atom stereocenters. The number of nitro benzene ring substituents is 1. The van der Waals surface area contributed by atoms with E-state index < -0.39 is 16.9 Å². The van der Waals surface area contributed by atoms with Gasteiger partial charge in [-0.15, -0.1) is 0 Å². The first-order chi connectivity index (χ1) is 10.4. The quantitative estimate of drug-likeness (QED) is 0.252. The van der Waals surface area contributed by atoms with Crippen LogP contribution in [0.3, 0.4) is 0 Å². The Kier molecular flexibility index (Phi) is 6.49. The molecule has 116 valence electrons. The second-order valence-electron chi connectivity index (χ2n) is 4.27. The molecular formula is C15H15NO6. The van der Waals surface area contributed by atoms with Crippen molar-refractivity contribution in [3.05, 3.63) is 58.2 Å². The summed E-state index contributed by atoms with van der Waals surface area (Å²) < 4.78 is 9.56. The Labute approximate surface area is 127 Å². The minimum absolute atomic E-state index is 0.0287. The van der Waals surface area contributed by atoms with Gasteiger partial charge in [-0.1, -0.05) is 6.58 Å². The fourth-order valence-electron chi connectivity index (χ4n) is 1.32. The zero-order valence-corrected chi connectivity index (χ0v) is 12.0. The minimum atomic E-state index is -0.607. The van der Waals surface area contributed by atoms with Gasteiger partial charge >= 0.3 is 11.9 Å². The highest BCUT2D eigenvalue weighted by Gasteiger charge is 2.04. The van der Waals surface area contributed by atoms with Gasteiger partial charge in [0.2, 0.25) is 0 Å². The van der Waals surface area contributed by atoms with Crippen LogP contribution in [-0.2, 0) is 19.1 Å². The van der Waals surface area contributed by atoms with Crippen LogP contribution < -0.4 is 0 Å². The molecule has 0 aliphatic carbocycles. The number of esters is 2. The topological polar surface area (TPSA) is 95.7 Å². The Morgan fingerprint density at radius 2 is 1.82 bits per heavy atom. The first-order valence-corrected chi connectivity index (χ1v) is 6.32. The van der Waals surface area contributed by atoms with Crippen molar-refractivity contribution >= 4 is 23.7 Å². The molecule has 0 heterocycles. The summed E-state index contributed by atoms with van der Waals surface area (Å²) >= 11 is 0. The molecule has 0 bridgehead atoms. The summed E-state index contributed by atoms with van der Waals surface area (Å²) in [6, 6.07) is 5.69. The average Bonchev–Trinajstić information content (AvgIpc) is 2.49. The van der Waals surface area contributed by atoms with Gasteiger partial charge in [0.05, 0.1) is 4.92 Å². The van der Waals surface area contributed by atoms with E-state index in [2.05, 4.69) is 6.58 Å². The van der Waals surface area contributed by atoms with Crippen molar-refractivity contribution in [2.75, 3.05) is 13.2 Å². The molecule has 7 heteroatoms. The van der Waals surface area contributed by atoms with E-state index in [4.69, 9.17) is 9.47 Å². The van der Waals surface area contributed by atoms with Crippen LogP contribution in [0.5, 0.6) is 0 Å². The van der Waals surface area contributed by atoms with Crippen molar-refractivity contribution in [1.82, 2.24) is 0 Å².